The molecule has 0 saturated heterocycles. The lowest BCUT2D eigenvalue weighted by atomic mass is 10.2. The summed E-state index contributed by atoms with van der Waals surface area (Å²) >= 11 is 0. The summed E-state index contributed by atoms with van der Waals surface area (Å²) in [6, 6.07) is 4.68. The molecule has 5 heteroatoms. The first kappa shape index (κ1) is 14.0. The fourth-order valence-corrected chi connectivity index (χ4v) is 1.37. The standard InChI is InChI=1S/C13H18N2O3/c1-2-3-6-15-13(17)9-18-12-5-4-10(8-16)7-11(12)14/h4-5,7-8H,2-3,6,9,14H2,1H3,(H,15,17). The highest BCUT2D eigenvalue weighted by atomic mass is 16.5. The van der Waals surface area contributed by atoms with Crippen molar-refractivity contribution in [2.24, 2.45) is 0 Å². The number of carbonyl (C=O) groups is 2. The van der Waals surface area contributed by atoms with Crippen molar-refractivity contribution in [3.63, 3.8) is 0 Å². The zero-order valence-corrected chi connectivity index (χ0v) is 10.4. The zero-order chi connectivity index (χ0) is 13.4. The third kappa shape index (κ3) is 4.45. The van der Waals surface area contributed by atoms with Crippen LogP contribution in [0.15, 0.2) is 18.2 Å². The molecule has 1 rings (SSSR count). The van der Waals surface area contributed by atoms with Gasteiger partial charge in [0.2, 0.25) is 0 Å². The first-order valence-corrected chi connectivity index (χ1v) is 5.91. The summed E-state index contributed by atoms with van der Waals surface area (Å²) in [7, 11) is 0. The molecule has 1 aromatic rings. The average Bonchev–Trinajstić information content (AvgIpc) is 2.37. The van der Waals surface area contributed by atoms with Crippen LogP contribution in [0.4, 0.5) is 5.69 Å². The summed E-state index contributed by atoms with van der Waals surface area (Å²) in [4.78, 5) is 21.9. The maximum Gasteiger partial charge on any atom is 0.257 e. The molecule has 0 saturated carbocycles. The molecule has 0 fully saturated rings. The third-order valence-corrected chi connectivity index (χ3v) is 2.38. The van der Waals surface area contributed by atoms with Crippen LogP contribution in [0.5, 0.6) is 5.75 Å². The highest BCUT2D eigenvalue weighted by Crippen LogP contribution is 2.21. The SMILES string of the molecule is CCCCNC(=O)COc1ccc(C=O)cc1N. The molecule has 0 aliphatic rings. The van der Waals surface area contributed by atoms with E-state index < -0.39 is 0 Å². The van der Waals surface area contributed by atoms with E-state index >= 15 is 0 Å². The van der Waals surface area contributed by atoms with E-state index in [2.05, 4.69) is 12.2 Å². The number of carbonyl (C=O) groups excluding carboxylic acids is 2. The molecule has 5 nitrogen and oxygen atoms in total. The van der Waals surface area contributed by atoms with E-state index in [0.29, 0.717) is 29.8 Å². The van der Waals surface area contributed by atoms with Crippen LogP contribution < -0.4 is 15.8 Å². The Bertz CT molecular complexity index is 419. The van der Waals surface area contributed by atoms with Crippen LogP contribution in [0.1, 0.15) is 30.1 Å². The molecule has 18 heavy (non-hydrogen) atoms. The molecule has 0 bridgehead atoms. The van der Waals surface area contributed by atoms with Crippen molar-refractivity contribution < 1.29 is 14.3 Å². The quantitative estimate of drug-likeness (QED) is 0.435. The Morgan fingerprint density at radius 3 is 2.89 bits per heavy atom. The lowest BCUT2D eigenvalue weighted by Gasteiger charge is -2.09. The smallest absolute Gasteiger partial charge is 0.257 e. The lowest BCUT2D eigenvalue weighted by Crippen LogP contribution is -2.29. The Morgan fingerprint density at radius 1 is 1.50 bits per heavy atom. The maximum atomic E-state index is 11.4. The Balaban J connectivity index is 2.43. The second kappa shape index (κ2) is 7.32. The fraction of sp³-hybridized carbons (Fsp3) is 0.385. The molecule has 0 radical (unpaired) electrons. The largest absolute Gasteiger partial charge is 0.482 e. The van der Waals surface area contributed by atoms with Crippen LogP contribution in [-0.2, 0) is 4.79 Å². The number of ether oxygens (including phenoxy) is 1. The molecule has 1 aromatic carbocycles. The van der Waals surface area contributed by atoms with Gasteiger partial charge in [0.25, 0.3) is 5.91 Å². The van der Waals surface area contributed by atoms with E-state index in [1.54, 1.807) is 12.1 Å². The van der Waals surface area contributed by atoms with Crippen LogP contribution in [0.3, 0.4) is 0 Å². The molecule has 0 heterocycles. The minimum atomic E-state index is -0.178. The molecule has 0 aliphatic carbocycles. The maximum absolute atomic E-state index is 11.4. The summed E-state index contributed by atoms with van der Waals surface area (Å²) in [5.74, 6) is 0.230. The highest BCUT2D eigenvalue weighted by molar-refractivity contribution is 5.79. The molecular formula is C13H18N2O3. The van der Waals surface area contributed by atoms with Gasteiger partial charge in [-0.3, -0.25) is 9.59 Å². The second-order valence-electron chi connectivity index (χ2n) is 3.91. The number of amides is 1. The second-order valence-corrected chi connectivity index (χ2v) is 3.91. The predicted molar refractivity (Wildman–Crippen MR) is 69.7 cm³/mol. The van der Waals surface area contributed by atoms with Gasteiger partial charge < -0.3 is 15.8 Å². The third-order valence-electron chi connectivity index (χ3n) is 2.38. The Hall–Kier alpha value is -2.04. The normalized spacial score (nSPS) is 9.83. The summed E-state index contributed by atoms with van der Waals surface area (Å²) in [5.41, 5.74) is 6.52. The topological polar surface area (TPSA) is 81.4 Å². The molecule has 1 amide bonds. The van der Waals surface area contributed by atoms with Crippen LogP contribution in [0.2, 0.25) is 0 Å². The van der Waals surface area contributed by atoms with Crippen LogP contribution in [0, 0.1) is 0 Å². The zero-order valence-electron chi connectivity index (χ0n) is 10.4. The number of nitrogens with one attached hydrogen (secondary N) is 1. The van der Waals surface area contributed by atoms with Gasteiger partial charge in [0.05, 0.1) is 5.69 Å². The molecule has 0 aromatic heterocycles. The van der Waals surface area contributed by atoms with E-state index in [4.69, 9.17) is 10.5 Å². The number of rotatable bonds is 7. The monoisotopic (exact) mass is 250 g/mol. The van der Waals surface area contributed by atoms with E-state index in [0.717, 1.165) is 12.8 Å². The first-order chi connectivity index (χ1) is 8.67. The van der Waals surface area contributed by atoms with Gasteiger partial charge in [0.15, 0.2) is 6.61 Å². The van der Waals surface area contributed by atoms with Gasteiger partial charge in [-0.25, -0.2) is 0 Å². The number of aldehydes is 1. The minimum absolute atomic E-state index is 0.0750. The van der Waals surface area contributed by atoms with Gasteiger partial charge in [0, 0.05) is 12.1 Å². The minimum Gasteiger partial charge on any atom is -0.482 e. The Morgan fingerprint density at radius 2 is 2.28 bits per heavy atom. The van der Waals surface area contributed by atoms with Crippen molar-refractivity contribution in [2.45, 2.75) is 19.8 Å². The van der Waals surface area contributed by atoms with E-state index in [1.165, 1.54) is 6.07 Å². The van der Waals surface area contributed by atoms with E-state index in [1.807, 2.05) is 0 Å². The predicted octanol–water partition coefficient (Wildman–Crippen LogP) is 1.38. The van der Waals surface area contributed by atoms with E-state index in [-0.39, 0.29) is 12.5 Å². The summed E-state index contributed by atoms with van der Waals surface area (Å²) in [6.07, 6.45) is 2.68. The summed E-state index contributed by atoms with van der Waals surface area (Å²) in [6.45, 7) is 2.63. The van der Waals surface area contributed by atoms with Gasteiger partial charge in [-0.2, -0.15) is 0 Å². The van der Waals surface area contributed by atoms with Gasteiger partial charge in [0.1, 0.15) is 12.0 Å². The first-order valence-electron chi connectivity index (χ1n) is 5.91. The number of anilines is 1. The molecule has 0 aliphatic heterocycles. The number of unbranched alkanes of at least 4 members (excludes halogenated alkanes) is 1. The fourth-order valence-electron chi connectivity index (χ4n) is 1.37. The van der Waals surface area contributed by atoms with Crippen molar-refractivity contribution >= 4 is 17.9 Å². The van der Waals surface area contributed by atoms with Gasteiger partial charge in [-0.1, -0.05) is 13.3 Å². The molecular weight excluding hydrogens is 232 g/mol. The molecule has 98 valence electrons. The van der Waals surface area contributed by atoms with Crippen molar-refractivity contribution in [3.8, 4) is 5.75 Å². The average molecular weight is 250 g/mol. The van der Waals surface area contributed by atoms with Gasteiger partial charge in [-0.05, 0) is 24.6 Å². The number of hydrogen-bond donors (Lipinski definition) is 2. The van der Waals surface area contributed by atoms with E-state index in [9.17, 15) is 9.59 Å². The highest BCUT2D eigenvalue weighted by Gasteiger charge is 2.05. The molecule has 3 N–H and O–H groups in total. The van der Waals surface area contributed by atoms with Crippen molar-refractivity contribution in [1.82, 2.24) is 5.32 Å². The molecule has 0 spiro atoms. The molecule has 0 unspecified atom stereocenters. The van der Waals surface area contributed by atoms with Crippen molar-refractivity contribution in [2.75, 3.05) is 18.9 Å². The molecule has 0 atom stereocenters. The number of benzene rings is 1. The van der Waals surface area contributed by atoms with Gasteiger partial charge >= 0.3 is 0 Å². The van der Waals surface area contributed by atoms with Crippen LogP contribution in [-0.4, -0.2) is 25.3 Å². The Labute approximate surface area is 106 Å². The van der Waals surface area contributed by atoms with Crippen LogP contribution in [0.25, 0.3) is 0 Å². The van der Waals surface area contributed by atoms with Crippen LogP contribution >= 0.6 is 0 Å². The Kier molecular flexibility index (Phi) is 5.70. The number of nitrogens with two attached hydrogens (primary N) is 1. The lowest BCUT2D eigenvalue weighted by molar-refractivity contribution is -0.123. The van der Waals surface area contributed by atoms with Crippen molar-refractivity contribution in [1.29, 1.82) is 0 Å². The summed E-state index contributed by atoms with van der Waals surface area (Å²) in [5, 5.41) is 2.73. The van der Waals surface area contributed by atoms with Crippen molar-refractivity contribution in [3.05, 3.63) is 23.8 Å². The van der Waals surface area contributed by atoms with Gasteiger partial charge in [-0.15, -0.1) is 0 Å². The number of nitrogen functional groups attached to an aromatic ring is 1. The number of hydrogen-bond acceptors (Lipinski definition) is 4. The summed E-state index contributed by atoms with van der Waals surface area (Å²) < 4.78 is 5.28.